The number of hydrogen-bond donors (Lipinski definition) is 1. The minimum absolute atomic E-state index is 0.0217. The number of nitrogens with one attached hydrogen (secondary N) is 1. The molecule has 1 fully saturated rings. The summed E-state index contributed by atoms with van der Waals surface area (Å²) in [5.41, 5.74) is 4.43. The molecule has 3 rings (SSSR count). The van der Waals surface area contributed by atoms with E-state index in [1.807, 2.05) is 12.1 Å². The topological polar surface area (TPSA) is 35.6 Å². The number of benzene rings is 2. The molecule has 0 aliphatic carbocycles. The molecule has 1 amide bonds. The summed E-state index contributed by atoms with van der Waals surface area (Å²) in [5, 5.41) is 3.12. The van der Waals surface area contributed by atoms with Crippen LogP contribution in [0, 0.1) is 13.8 Å². The SMILES string of the molecule is Cc1ccc(SCC(=O)Nc2cc(Br)ccc2N2CCN(C)CC2)c(C)c1. The van der Waals surface area contributed by atoms with E-state index in [9.17, 15) is 4.79 Å². The average Bonchev–Trinajstić information content (AvgIpc) is 2.62. The van der Waals surface area contributed by atoms with Crippen LogP contribution >= 0.6 is 27.7 Å². The fourth-order valence-corrected chi connectivity index (χ4v) is 4.39. The number of nitrogens with zero attached hydrogens (tertiary/aromatic N) is 2. The van der Waals surface area contributed by atoms with Crippen LogP contribution in [0.15, 0.2) is 45.8 Å². The molecular weight excluding hydrogens is 422 g/mol. The van der Waals surface area contributed by atoms with E-state index in [0.717, 1.165) is 46.9 Å². The van der Waals surface area contributed by atoms with Crippen LogP contribution in [0.5, 0.6) is 0 Å². The van der Waals surface area contributed by atoms with Gasteiger partial charge in [0, 0.05) is 35.5 Å². The van der Waals surface area contributed by atoms with Gasteiger partial charge >= 0.3 is 0 Å². The Kier molecular flexibility index (Phi) is 6.84. The summed E-state index contributed by atoms with van der Waals surface area (Å²) < 4.78 is 0.970. The van der Waals surface area contributed by atoms with Gasteiger partial charge in [0.1, 0.15) is 0 Å². The number of amides is 1. The summed E-state index contributed by atoms with van der Waals surface area (Å²) in [4.78, 5) is 18.4. The third-order valence-electron chi connectivity index (χ3n) is 4.77. The molecule has 144 valence electrons. The van der Waals surface area contributed by atoms with Crippen molar-refractivity contribution in [3.05, 3.63) is 52.0 Å². The summed E-state index contributed by atoms with van der Waals surface area (Å²) in [6.07, 6.45) is 0. The van der Waals surface area contributed by atoms with Gasteiger partial charge in [0.25, 0.3) is 0 Å². The summed E-state index contributed by atoms with van der Waals surface area (Å²) in [5.74, 6) is 0.423. The Bertz CT molecular complexity index is 819. The maximum absolute atomic E-state index is 12.6. The molecule has 1 aliphatic heterocycles. The quantitative estimate of drug-likeness (QED) is 0.681. The van der Waals surface area contributed by atoms with Crippen LogP contribution < -0.4 is 10.2 Å². The van der Waals surface area contributed by atoms with Gasteiger partial charge in [-0.1, -0.05) is 33.6 Å². The van der Waals surface area contributed by atoms with Crippen molar-refractivity contribution >= 4 is 45.0 Å². The number of hydrogen-bond acceptors (Lipinski definition) is 4. The lowest BCUT2D eigenvalue weighted by Crippen LogP contribution is -2.44. The third kappa shape index (κ3) is 5.50. The van der Waals surface area contributed by atoms with Gasteiger partial charge in [0.15, 0.2) is 0 Å². The summed E-state index contributed by atoms with van der Waals surface area (Å²) in [6, 6.07) is 12.5. The molecule has 4 nitrogen and oxygen atoms in total. The second-order valence-corrected chi connectivity index (χ2v) is 8.99. The van der Waals surface area contributed by atoms with E-state index in [-0.39, 0.29) is 5.91 Å². The van der Waals surface area contributed by atoms with Gasteiger partial charge in [0.2, 0.25) is 5.91 Å². The number of rotatable bonds is 5. The minimum Gasteiger partial charge on any atom is -0.367 e. The highest BCUT2D eigenvalue weighted by atomic mass is 79.9. The van der Waals surface area contributed by atoms with Gasteiger partial charge in [-0.3, -0.25) is 4.79 Å². The molecule has 0 aromatic heterocycles. The van der Waals surface area contributed by atoms with E-state index < -0.39 is 0 Å². The van der Waals surface area contributed by atoms with Crippen molar-refractivity contribution in [2.45, 2.75) is 18.7 Å². The summed E-state index contributed by atoms with van der Waals surface area (Å²) in [7, 11) is 2.14. The van der Waals surface area contributed by atoms with Crippen LogP contribution in [0.1, 0.15) is 11.1 Å². The molecule has 0 unspecified atom stereocenters. The van der Waals surface area contributed by atoms with E-state index in [2.05, 4.69) is 76.2 Å². The first kappa shape index (κ1) is 20.2. The molecule has 1 aliphatic rings. The highest BCUT2D eigenvalue weighted by Crippen LogP contribution is 2.31. The smallest absolute Gasteiger partial charge is 0.234 e. The van der Waals surface area contributed by atoms with Crippen LogP contribution in [0.25, 0.3) is 0 Å². The highest BCUT2D eigenvalue weighted by molar-refractivity contribution is 9.10. The van der Waals surface area contributed by atoms with Gasteiger partial charge in [-0.25, -0.2) is 0 Å². The molecule has 1 heterocycles. The van der Waals surface area contributed by atoms with Gasteiger partial charge in [0.05, 0.1) is 17.1 Å². The van der Waals surface area contributed by atoms with Crippen LogP contribution in [0.2, 0.25) is 0 Å². The third-order valence-corrected chi connectivity index (χ3v) is 6.43. The molecule has 2 aromatic rings. The molecule has 0 atom stereocenters. The Morgan fingerprint density at radius 3 is 2.56 bits per heavy atom. The molecule has 0 spiro atoms. The number of anilines is 2. The van der Waals surface area contributed by atoms with Crippen molar-refractivity contribution in [2.24, 2.45) is 0 Å². The number of aryl methyl sites for hydroxylation is 2. The normalized spacial score (nSPS) is 15.0. The number of carbonyl (C=O) groups is 1. The van der Waals surface area contributed by atoms with Gasteiger partial charge in [-0.15, -0.1) is 11.8 Å². The first-order valence-corrected chi connectivity index (χ1v) is 10.9. The molecule has 0 saturated carbocycles. The van der Waals surface area contributed by atoms with E-state index in [4.69, 9.17) is 0 Å². The maximum Gasteiger partial charge on any atom is 0.234 e. The molecular formula is C21H26BrN3OS. The van der Waals surface area contributed by atoms with Crippen molar-refractivity contribution in [3.63, 3.8) is 0 Å². The zero-order valence-corrected chi connectivity index (χ0v) is 18.5. The van der Waals surface area contributed by atoms with Crippen molar-refractivity contribution in [1.82, 2.24) is 4.90 Å². The standard InChI is InChI=1S/C21H26BrN3OS/c1-15-4-7-20(16(2)12-15)27-14-21(26)23-18-13-17(22)5-6-19(18)25-10-8-24(3)9-11-25/h4-7,12-13H,8-11,14H2,1-3H3,(H,23,26). The number of carbonyl (C=O) groups excluding carboxylic acids is 1. The molecule has 0 radical (unpaired) electrons. The largest absolute Gasteiger partial charge is 0.367 e. The van der Waals surface area contributed by atoms with Crippen LogP contribution in [0.3, 0.4) is 0 Å². The fraction of sp³-hybridized carbons (Fsp3) is 0.381. The van der Waals surface area contributed by atoms with Crippen LogP contribution in [-0.2, 0) is 4.79 Å². The monoisotopic (exact) mass is 447 g/mol. The molecule has 1 N–H and O–H groups in total. The molecule has 1 saturated heterocycles. The molecule has 0 bridgehead atoms. The Hall–Kier alpha value is -1.50. The van der Waals surface area contributed by atoms with E-state index >= 15 is 0 Å². The zero-order valence-electron chi connectivity index (χ0n) is 16.1. The Morgan fingerprint density at radius 2 is 1.85 bits per heavy atom. The van der Waals surface area contributed by atoms with Crippen LogP contribution in [0.4, 0.5) is 11.4 Å². The molecule has 6 heteroatoms. The van der Waals surface area contributed by atoms with E-state index in [0.29, 0.717) is 5.75 Å². The Balaban J connectivity index is 1.67. The lowest BCUT2D eigenvalue weighted by Gasteiger charge is -2.35. The fourth-order valence-electron chi connectivity index (χ4n) is 3.22. The van der Waals surface area contributed by atoms with E-state index in [1.54, 1.807) is 11.8 Å². The minimum atomic E-state index is 0.0217. The number of thioether (sulfide) groups is 1. The maximum atomic E-state index is 12.6. The van der Waals surface area contributed by atoms with Crippen molar-refractivity contribution < 1.29 is 4.79 Å². The number of halogens is 1. The second-order valence-electron chi connectivity index (χ2n) is 7.06. The Labute approximate surface area is 174 Å². The van der Waals surface area contributed by atoms with Crippen molar-refractivity contribution in [2.75, 3.05) is 49.2 Å². The first-order chi connectivity index (χ1) is 12.9. The number of piperazine rings is 1. The van der Waals surface area contributed by atoms with Crippen molar-refractivity contribution in [1.29, 1.82) is 0 Å². The van der Waals surface area contributed by atoms with Crippen molar-refractivity contribution in [3.8, 4) is 0 Å². The summed E-state index contributed by atoms with van der Waals surface area (Å²) >= 11 is 5.11. The molecule has 2 aromatic carbocycles. The summed E-state index contributed by atoms with van der Waals surface area (Å²) in [6.45, 7) is 8.18. The Morgan fingerprint density at radius 1 is 1.11 bits per heavy atom. The second kappa shape index (κ2) is 9.13. The van der Waals surface area contributed by atoms with Crippen LogP contribution in [-0.4, -0.2) is 49.8 Å². The lowest BCUT2D eigenvalue weighted by atomic mass is 10.2. The van der Waals surface area contributed by atoms with Gasteiger partial charge in [-0.2, -0.15) is 0 Å². The first-order valence-electron chi connectivity index (χ1n) is 9.15. The van der Waals surface area contributed by atoms with E-state index in [1.165, 1.54) is 11.1 Å². The van der Waals surface area contributed by atoms with Gasteiger partial charge < -0.3 is 15.1 Å². The predicted octanol–water partition coefficient (Wildman–Crippen LogP) is 4.55. The predicted molar refractivity (Wildman–Crippen MR) is 119 cm³/mol. The van der Waals surface area contributed by atoms with Gasteiger partial charge in [-0.05, 0) is 50.7 Å². The zero-order chi connectivity index (χ0) is 19.4. The molecule has 27 heavy (non-hydrogen) atoms. The lowest BCUT2D eigenvalue weighted by molar-refractivity contribution is -0.113. The number of likely N-dealkylation sites (N-methyl/N-ethyl adjacent to an activating group) is 1. The average molecular weight is 448 g/mol. The highest BCUT2D eigenvalue weighted by Gasteiger charge is 2.18.